The second-order valence-electron chi connectivity index (χ2n) is 14.4. The van der Waals surface area contributed by atoms with Gasteiger partial charge in [-0.2, -0.15) is 5.26 Å². The average Bonchev–Trinajstić information content (AvgIpc) is 3.54. The van der Waals surface area contributed by atoms with E-state index < -0.39 is 35.7 Å². The highest BCUT2D eigenvalue weighted by molar-refractivity contribution is 5.85. The number of phenolic OH excluding ortho intramolecular Hbond substituents is 1. The van der Waals surface area contributed by atoms with E-state index in [4.69, 9.17) is 28.4 Å². The zero-order valence-corrected chi connectivity index (χ0v) is 30.1. The molecule has 1 fully saturated rings. The molecule has 14 nitrogen and oxygen atoms in total. The van der Waals surface area contributed by atoms with E-state index in [9.17, 15) is 20.0 Å². The van der Waals surface area contributed by atoms with Crippen LogP contribution in [0.15, 0.2) is 6.07 Å². The number of phenols is 1. The summed E-state index contributed by atoms with van der Waals surface area (Å²) in [6.07, 6.45) is 0.232. The molecular formula is C36H47N5O9. The van der Waals surface area contributed by atoms with Crippen LogP contribution < -0.4 is 29.6 Å². The van der Waals surface area contributed by atoms with Gasteiger partial charge in [0.1, 0.15) is 23.4 Å². The molecule has 0 spiro atoms. The van der Waals surface area contributed by atoms with Gasteiger partial charge < -0.3 is 44.2 Å². The number of hydrogen-bond acceptors (Lipinski definition) is 12. The van der Waals surface area contributed by atoms with Gasteiger partial charge in [-0.1, -0.05) is 6.07 Å². The number of hydrogen-bond donors (Lipinski definition) is 3. The lowest BCUT2D eigenvalue weighted by atomic mass is 9.71. The summed E-state index contributed by atoms with van der Waals surface area (Å²) in [7, 11) is 5.20. The molecule has 4 heterocycles. The Kier molecular flexibility index (Phi) is 9.45. The van der Waals surface area contributed by atoms with Crippen LogP contribution in [-0.2, 0) is 27.1 Å². The van der Waals surface area contributed by atoms with E-state index in [1.165, 1.54) is 0 Å². The van der Waals surface area contributed by atoms with Crippen molar-refractivity contribution in [3.8, 4) is 34.8 Å². The minimum absolute atomic E-state index is 0.0117. The molecule has 6 atom stereocenters. The highest BCUT2D eigenvalue weighted by Gasteiger charge is 2.57. The number of methoxy groups -OCH3 is 2. The molecule has 3 N–H and O–H groups in total. The van der Waals surface area contributed by atoms with Gasteiger partial charge >= 0.3 is 6.09 Å². The molecule has 2 aromatic rings. The van der Waals surface area contributed by atoms with Gasteiger partial charge in [-0.05, 0) is 72.6 Å². The maximum absolute atomic E-state index is 13.5. The Hall–Kier alpha value is -4.45. The van der Waals surface area contributed by atoms with E-state index in [-0.39, 0.29) is 44.0 Å². The molecule has 0 saturated carbocycles. The Balaban J connectivity index is 1.46. The third-order valence-corrected chi connectivity index (χ3v) is 10.2. The number of ether oxygens (including phenoxy) is 6. The first-order valence-electron chi connectivity index (χ1n) is 16.8. The van der Waals surface area contributed by atoms with Crippen molar-refractivity contribution in [1.29, 1.82) is 5.26 Å². The molecule has 0 aromatic heterocycles. The van der Waals surface area contributed by atoms with E-state index in [2.05, 4.69) is 32.6 Å². The molecule has 2 bridgehead atoms. The number of rotatable bonds is 8. The number of nitriles is 1. The lowest BCUT2D eigenvalue weighted by molar-refractivity contribution is -0.123. The number of amides is 2. The molecule has 4 aliphatic rings. The molecule has 2 aromatic carbocycles. The minimum atomic E-state index is -0.915. The third kappa shape index (κ3) is 5.91. The monoisotopic (exact) mass is 693 g/mol. The number of carbonyl (C=O) groups is 2. The summed E-state index contributed by atoms with van der Waals surface area (Å²) >= 11 is 0. The maximum Gasteiger partial charge on any atom is 0.408 e. The summed E-state index contributed by atoms with van der Waals surface area (Å²) < 4.78 is 34.7. The highest BCUT2D eigenvalue weighted by Crippen LogP contribution is 2.58. The highest BCUT2D eigenvalue weighted by atomic mass is 16.7. The zero-order valence-electron chi connectivity index (χ0n) is 30.1. The first-order chi connectivity index (χ1) is 23.7. The van der Waals surface area contributed by atoms with Gasteiger partial charge in [-0.25, -0.2) is 4.79 Å². The normalized spacial score (nSPS) is 24.2. The number of likely N-dealkylation sites (N-methyl/N-ethyl adjacent to an activating group) is 1. The van der Waals surface area contributed by atoms with Crippen LogP contribution in [0.5, 0.6) is 28.7 Å². The number of nitrogens with one attached hydrogen (secondary N) is 2. The van der Waals surface area contributed by atoms with Crippen LogP contribution in [0.25, 0.3) is 0 Å². The predicted octanol–water partition coefficient (Wildman–Crippen LogP) is 3.53. The molecule has 2 amide bonds. The van der Waals surface area contributed by atoms with E-state index in [0.717, 1.165) is 16.7 Å². The lowest BCUT2D eigenvalue weighted by Gasteiger charge is -2.60. The summed E-state index contributed by atoms with van der Waals surface area (Å²) in [5.41, 5.74) is 4.08. The van der Waals surface area contributed by atoms with Crippen molar-refractivity contribution in [3.63, 3.8) is 0 Å². The SMILES string of the molecule is COCOc1c(OC)c(C)cc2c1[C@@H]1C3Cc4c(O)c(C)c5c(c4[C@H](CNC(=O)[C@@H](C)NC(=O)OC(C)(C)C)N3[C@@H](C#N)[C@@H](C2)N1C)OCO5. The van der Waals surface area contributed by atoms with Crippen molar-refractivity contribution < 1.29 is 43.1 Å². The van der Waals surface area contributed by atoms with E-state index in [1.54, 1.807) is 48.8 Å². The van der Waals surface area contributed by atoms with E-state index >= 15 is 0 Å². The van der Waals surface area contributed by atoms with Crippen molar-refractivity contribution in [3.05, 3.63) is 39.4 Å². The van der Waals surface area contributed by atoms with E-state index in [0.29, 0.717) is 52.5 Å². The van der Waals surface area contributed by atoms with Gasteiger partial charge in [-0.15, -0.1) is 0 Å². The number of alkyl carbamates (subject to hydrolysis) is 1. The molecular weight excluding hydrogens is 646 g/mol. The Labute approximate surface area is 292 Å². The predicted molar refractivity (Wildman–Crippen MR) is 181 cm³/mol. The largest absolute Gasteiger partial charge is 0.507 e. The van der Waals surface area contributed by atoms with Crippen LogP contribution in [0.1, 0.15) is 73.2 Å². The standard InChI is InChI=1S/C36H47N5O9/c1-17-10-20-11-22-24(13-37)41-23(28(40(22)7)26(20)32(30(17)46-9)47-15-45-8)12-21-27(33-31(48-16-49-33)18(2)29(21)42)25(41)14-38-34(43)19(3)39-35(44)50-36(4,5)6/h10,19,22-25,28,42H,11-12,14-16H2,1-9H3,(H,38,43)(H,39,44)/t19-,22-,23?,24+,25+,28+/m1/s1. The molecule has 270 valence electrons. The number of aromatic hydroxyl groups is 1. The molecule has 0 aliphatic carbocycles. The number of nitrogens with zero attached hydrogens (tertiary/aromatic N) is 3. The zero-order chi connectivity index (χ0) is 36.2. The Morgan fingerprint density at radius 3 is 2.50 bits per heavy atom. The van der Waals surface area contributed by atoms with Crippen molar-refractivity contribution in [2.24, 2.45) is 0 Å². The van der Waals surface area contributed by atoms with Gasteiger partial charge in [0.2, 0.25) is 12.7 Å². The van der Waals surface area contributed by atoms with Crippen molar-refractivity contribution in [1.82, 2.24) is 20.4 Å². The Morgan fingerprint density at radius 1 is 1.12 bits per heavy atom. The Bertz CT molecular complexity index is 1730. The van der Waals surface area contributed by atoms with Gasteiger partial charge in [0.05, 0.1) is 25.3 Å². The fraction of sp³-hybridized carbons (Fsp3) is 0.583. The fourth-order valence-corrected chi connectivity index (χ4v) is 8.18. The summed E-state index contributed by atoms with van der Waals surface area (Å²) in [4.78, 5) is 30.4. The summed E-state index contributed by atoms with van der Waals surface area (Å²) in [6, 6.07) is 1.73. The molecule has 1 saturated heterocycles. The number of fused-ring (bicyclic) bond motifs is 9. The first-order valence-corrected chi connectivity index (χ1v) is 16.8. The van der Waals surface area contributed by atoms with Crippen LogP contribution >= 0.6 is 0 Å². The fourth-order valence-electron chi connectivity index (χ4n) is 8.18. The average molecular weight is 694 g/mol. The molecule has 1 unspecified atom stereocenters. The van der Waals surface area contributed by atoms with Crippen LogP contribution in [0.3, 0.4) is 0 Å². The topological polar surface area (TPSA) is 164 Å². The summed E-state index contributed by atoms with van der Waals surface area (Å²) in [5, 5.41) is 28.2. The van der Waals surface area contributed by atoms with E-state index in [1.807, 2.05) is 14.0 Å². The number of benzene rings is 2. The van der Waals surface area contributed by atoms with Crippen molar-refractivity contribution >= 4 is 12.0 Å². The number of aryl methyl sites for hydroxylation is 1. The van der Waals surface area contributed by atoms with Crippen molar-refractivity contribution in [2.45, 2.75) is 96.2 Å². The first kappa shape index (κ1) is 35.4. The van der Waals surface area contributed by atoms with Gasteiger partial charge in [0.15, 0.2) is 29.8 Å². The van der Waals surface area contributed by atoms with Crippen molar-refractivity contribution in [2.75, 3.05) is 41.4 Å². The molecule has 14 heteroatoms. The maximum atomic E-state index is 13.5. The Morgan fingerprint density at radius 2 is 1.84 bits per heavy atom. The van der Waals surface area contributed by atoms with Crippen LogP contribution in [0.2, 0.25) is 0 Å². The van der Waals surface area contributed by atoms with Gasteiger partial charge in [0, 0.05) is 48.0 Å². The summed E-state index contributed by atoms with van der Waals surface area (Å²) in [5.74, 6) is 1.78. The quantitative estimate of drug-likeness (QED) is 0.345. The lowest BCUT2D eigenvalue weighted by Crippen LogP contribution is -2.69. The smallest absolute Gasteiger partial charge is 0.408 e. The minimum Gasteiger partial charge on any atom is -0.507 e. The van der Waals surface area contributed by atoms with Gasteiger partial charge in [0.25, 0.3) is 0 Å². The molecule has 6 rings (SSSR count). The van der Waals surface area contributed by atoms with Crippen LogP contribution in [0.4, 0.5) is 4.79 Å². The molecule has 50 heavy (non-hydrogen) atoms. The van der Waals surface area contributed by atoms with Crippen LogP contribution in [-0.4, -0.2) is 98.1 Å². The number of carbonyl (C=O) groups excluding carboxylic acids is 2. The second kappa shape index (κ2) is 13.4. The summed E-state index contributed by atoms with van der Waals surface area (Å²) in [6.45, 7) is 10.6. The third-order valence-electron chi connectivity index (χ3n) is 10.2. The number of piperazine rings is 1. The molecule has 4 aliphatic heterocycles. The molecule has 0 radical (unpaired) electrons. The van der Waals surface area contributed by atoms with Gasteiger partial charge in [-0.3, -0.25) is 14.6 Å². The second-order valence-corrected chi connectivity index (χ2v) is 14.4. The van der Waals surface area contributed by atoms with Crippen LogP contribution in [0, 0.1) is 25.2 Å².